The second-order valence-electron chi connectivity index (χ2n) is 4.31. The van der Waals surface area contributed by atoms with Crippen LogP contribution in [0, 0.1) is 5.92 Å². The van der Waals surface area contributed by atoms with Crippen LogP contribution in [0.2, 0.25) is 0 Å². The summed E-state index contributed by atoms with van der Waals surface area (Å²) in [5.74, 6) is -1.49. The second-order valence-corrected chi connectivity index (χ2v) is 4.31. The van der Waals surface area contributed by atoms with Crippen LogP contribution in [0.15, 0.2) is 0 Å². The Hall–Kier alpha value is -1.34. The van der Waals surface area contributed by atoms with E-state index in [1.165, 1.54) is 4.90 Å². The van der Waals surface area contributed by atoms with Gasteiger partial charge in [0.25, 0.3) is 0 Å². The quantitative estimate of drug-likeness (QED) is 0.564. The topological polar surface area (TPSA) is 88.1 Å². The van der Waals surface area contributed by atoms with Crippen molar-refractivity contribution in [2.24, 2.45) is 5.92 Å². The van der Waals surface area contributed by atoms with Gasteiger partial charge in [0, 0.05) is 33.9 Å². The zero-order valence-electron chi connectivity index (χ0n) is 11.8. The monoisotopic (exact) mass is 276 g/mol. The highest BCUT2D eigenvalue weighted by atomic mass is 16.5. The number of amides is 2. The highest BCUT2D eigenvalue weighted by Crippen LogP contribution is 1.98. The van der Waals surface area contributed by atoms with E-state index < -0.39 is 11.9 Å². The average molecular weight is 276 g/mol. The van der Waals surface area contributed by atoms with Crippen molar-refractivity contribution in [2.45, 2.75) is 13.3 Å². The third-order valence-electron chi connectivity index (χ3n) is 2.49. The van der Waals surface area contributed by atoms with Crippen LogP contribution in [0.4, 0.5) is 4.79 Å². The molecule has 112 valence electrons. The first kappa shape index (κ1) is 17.7. The highest BCUT2D eigenvalue weighted by molar-refractivity contribution is 5.75. The number of rotatable bonds is 10. The number of methoxy groups -OCH3 is 1. The molecule has 0 aliphatic rings. The lowest BCUT2D eigenvalue weighted by molar-refractivity contribution is -0.141. The number of carboxylic acid groups (broad SMARTS) is 1. The van der Waals surface area contributed by atoms with Gasteiger partial charge in [0.05, 0.1) is 19.1 Å². The van der Waals surface area contributed by atoms with Crippen LogP contribution in [-0.4, -0.2) is 69.1 Å². The number of hydrogen-bond acceptors (Lipinski definition) is 4. The lowest BCUT2D eigenvalue weighted by atomic mass is 10.2. The van der Waals surface area contributed by atoms with E-state index in [9.17, 15) is 9.59 Å². The van der Waals surface area contributed by atoms with Crippen LogP contribution in [-0.2, 0) is 14.3 Å². The molecule has 2 N–H and O–H groups in total. The molecule has 7 heteroatoms. The van der Waals surface area contributed by atoms with E-state index in [1.807, 2.05) is 0 Å². The summed E-state index contributed by atoms with van der Waals surface area (Å²) in [5, 5.41) is 11.4. The largest absolute Gasteiger partial charge is 0.481 e. The van der Waals surface area contributed by atoms with Gasteiger partial charge in [0.1, 0.15) is 0 Å². The maximum Gasteiger partial charge on any atom is 0.317 e. The third-order valence-corrected chi connectivity index (χ3v) is 2.49. The lowest BCUT2D eigenvalue weighted by Gasteiger charge is -2.19. The molecule has 0 aromatic carbocycles. The van der Waals surface area contributed by atoms with Crippen LogP contribution >= 0.6 is 0 Å². The van der Waals surface area contributed by atoms with Gasteiger partial charge in [-0.15, -0.1) is 0 Å². The molecule has 7 nitrogen and oxygen atoms in total. The molecule has 0 radical (unpaired) electrons. The Kier molecular flexibility index (Phi) is 9.82. The Morgan fingerprint density at radius 3 is 2.58 bits per heavy atom. The van der Waals surface area contributed by atoms with Gasteiger partial charge in [-0.05, 0) is 6.42 Å². The first-order valence-corrected chi connectivity index (χ1v) is 6.27. The Morgan fingerprint density at radius 2 is 2.00 bits per heavy atom. The zero-order chi connectivity index (χ0) is 14.7. The van der Waals surface area contributed by atoms with Crippen molar-refractivity contribution in [3.63, 3.8) is 0 Å². The van der Waals surface area contributed by atoms with Crippen molar-refractivity contribution in [1.82, 2.24) is 10.2 Å². The number of aliphatic carboxylic acids is 1. The summed E-state index contributed by atoms with van der Waals surface area (Å²) in [5.41, 5.74) is 0. The molecule has 0 saturated heterocycles. The summed E-state index contributed by atoms with van der Waals surface area (Å²) in [6.45, 7) is 3.90. The van der Waals surface area contributed by atoms with Gasteiger partial charge in [0.2, 0.25) is 0 Å². The molecular formula is C12H24N2O5. The van der Waals surface area contributed by atoms with E-state index in [1.54, 1.807) is 21.1 Å². The fourth-order valence-corrected chi connectivity index (χ4v) is 1.32. The Morgan fingerprint density at radius 1 is 1.32 bits per heavy atom. The maximum absolute atomic E-state index is 11.6. The van der Waals surface area contributed by atoms with Gasteiger partial charge in [-0.2, -0.15) is 0 Å². The predicted octanol–water partition coefficient (Wildman–Crippen LogP) is 0.402. The maximum atomic E-state index is 11.6. The fourth-order valence-electron chi connectivity index (χ4n) is 1.32. The van der Waals surface area contributed by atoms with Gasteiger partial charge >= 0.3 is 12.0 Å². The standard InChI is InChI=1S/C12H24N2O5/c1-10(11(15)16)9-14(2)12(17)13-5-4-6-19-8-7-18-3/h10H,4-9H2,1-3H3,(H,13,17)(H,15,16). The molecular weight excluding hydrogens is 252 g/mol. The molecule has 0 aromatic rings. The number of urea groups is 1. The molecule has 0 heterocycles. The second kappa shape index (κ2) is 10.6. The van der Waals surface area contributed by atoms with E-state index in [2.05, 4.69) is 5.32 Å². The van der Waals surface area contributed by atoms with E-state index in [0.29, 0.717) is 32.8 Å². The van der Waals surface area contributed by atoms with Gasteiger partial charge in [-0.25, -0.2) is 4.79 Å². The van der Waals surface area contributed by atoms with Gasteiger partial charge < -0.3 is 24.8 Å². The smallest absolute Gasteiger partial charge is 0.317 e. The number of carboxylic acids is 1. The van der Waals surface area contributed by atoms with E-state index in [0.717, 1.165) is 0 Å². The number of nitrogens with zero attached hydrogens (tertiary/aromatic N) is 1. The van der Waals surface area contributed by atoms with Gasteiger partial charge in [-0.1, -0.05) is 6.92 Å². The summed E-state index contributed by atoms with van der Waals surface area (Å²) in [4.78, 5) is 23.6. The summed E-state index contributed by atoms with van der Waals surface area (Å²) in [6.07, 6.45) is 0.706. The molecule has 0 spiro atoms. The minimum atomic E-state index is -0.911. The van der Waals surface area contributed by atoms with E-state index in [4.69, 9.17) is 14.6 Å². The number of carbonyl (C=O) groups is 2. The first-order valence-electron chi connectivity index (χ1n) is 6.27. The Balaban J connectivity index is 3.60. The molecule has 0 bridgehead atoms. The molecule has 0 saturated carbocycles. The molecule has 2 amide bonds. The van der Waals surface area contributed by atoms with Gasteiger partial charge in [-0.3, -0.25) is 4.79 Å². The molecule has 0 aromatic heterocycles. The first-order chi connectivity index (χ1) is 8.99. The minimum Gasteiger partial charge on any atom is -0.481 e. The number of nitrogens with one attached hydrogen (secondary N) is 1. The van der Waals surface area contributed by atoms with Crippen LogP contribution < -0.4 is 5.32 Å². The Bertz CT molecular complexity index is 273. The minimum absolute atomic E-state index is 0.186. The summed E-state index contributed by atoms with van der Waals surface area (Å²) in [7, 11) is 3.18. The number of ether oxygens (including phenoxy) is 2. The Labute approximate surface area is 113 Å². The normalized spacial score (nSPS) is 11.9. The molecule has 0 aliphatic carbocycles. The lowest BCUT2D eigenvalue weighted by Crippen LogP contribution is -2.41. The van der Waals surface area contributed by atoms with Crippen molar-refractivity contribution < 1.29 is 24.2 Å². The number of carbonyl (C=O) groups excluding carboxylic acids is 1. The molecule has 1 unspecified atom stereocenters. The van der Waals surface area contributed by atoms with Crippen LogP contribution in [0.25, 0.3) is 0 Å². The number of hydrogen-bond donors (Lipinski definition) is 2. The average Bonchev–Trinajstić information content (AvgIpc) is 2.37. The zero-order valence-corrected chi connectivity index (χ0v) is 11.8. The molecule has 0 rings (SSSR count). The molecule has 19 heavy (non-hydrogen) atoms. The highest BCUT2D eigenvalue weighted by Gasteiger charge is 2.16. The summed E-state index contributed by atoms with van der Waals surface area (Å²) in [6, 6.07) is -0.273. The predicted molar refractivity (Wildman–Crippen MR) is 70.1 cm³/mol. The van der Waals surface area contributed by atoms with Crippen molar-refractivity contribution in [3.8, 4) is 0 Å². The molecule has 1 atom stereocenters. The van der Waals surface area contributed by atoms with Gasteiger partial charge in [0.15, 0.2) is 0 Å². The van der Waals surface area contributed by atoms with Crippen molar-refractivity contribution in [3.05, 3.63) is 0 Å². The fraction of sp³-hybridized carbons (Fsp3) is 0.833. The molecule has 0 fully saturated rings. The van der Waals surface area contributed by atoms with Crippen molar-refractivity contribution in [2.75, 3.05) is 47.1 Å². The van der Waals surface area contributed by atoms with E-state index in [-0.39, 0.29) is 12.6 Å². The third kappa shape index (κ3) is 9.26. The SMILES string of the molecule is COCCOCCCNC(=O)N(C)CC(C)C(=O)O. The van der Waals surface area contributed by atoms with E-state index >= 15 is 0 Å². The van der Waals surface area contributed by atoms with Crippen LogP contribution in [0.3, 0.4) is 0 Å². The van der Waals surface area contributed by atoms with Crippen molar-refractivity contribution in [1.29, 1.82) is 0 Å². The van der Waals surface area contributed by atoms with Crippen LogP contribution in [0.5, 0.6) is 0 Å². The molecule has 0 aliphatic heterocycles. The van der Waals surface area contributed by atoms with Crippen LogP contribution in [0.1, 0.15) is 13.3 Å². The van der Waals surface area contributed by atoms with Crippen molar-refractivity contribution >= 4 is 12.0 Å². The summed E-state index contributed by atoms with van der Waals surface area (Å²) >= 11 is 0. The summed E-state index contributed by atoms with van der Waals surface area (Å²) < 4.78 is 10.1.